The zero-order valence-electron chi connectivity index (χ0n) is 9.34. The Bertz CT molecular complexity index is 277. The third kappa shape index (κ3) is 2.79. The third-order valence-corrected chi connectivity index (χ3v) is 4.10. The van der Waals surface area contributed by atoms with Gasteiger partial charge in [0.05, 0.1) is 11.2 Å². The Balaban J connectivity index is 2.52. The van der Waals surface area contributed by atoms with Gasteiger partial charge < -0.3 is 5.73 Å². The summed E-state index contributed by atoms with van der Waals surface area (Å²) >= 11 is 1.74. The SMILES string of the molecule is CCC(N)(CC)CCc1scnc1C. The normalized spacial score (nSPS) is 12.0. The fourth-order valence-electron chi connectivity index (χ4n) is 1.53. The highest BCUT2D eigenvalue weighted by Gasteiger charge is 2.20. The van der Waals surface area contributed by atoms with Gasteiger partial charge in [0.25, 0.3) is 0 Å². The van der Waals surface area contributed by atoms with Crippen molar-refractivity contribution >= 4 is 11.3 Å². The molecule has 0 fully saturated rings. The molecule has 0 bridgehead atoms. The minimum Gasteiger partial charge on any atom is -0.325 e. The summed E-state index contributed by atoms with van der Waals surface area (Å²) in [6.07, 6.45) is 4.26. The van der Waals surface area contributed by atoms with E-state index in [0.717, 1.165) is 25.7 Å². The number of hydrogen-bond acceptors (Lipinski definition) is 3. The van der Waals surface area contributed by atoms with E-state index in [4.69, 9.17) is 5.73 Å². The third-order valence-electron chi connectivity index (χ3n) is 3.10. The smallest absolute Gasteiger partial charge is 0.0797 e. The van der Waals surface area contributed by atoms with Crippen LogP contribution in [0.4, 0.5) is 0 Å². The van der Waals surface area contributed by atoms with E-state index >= 15 is 0 Å². The van der Waals surface area contributed by atoms with Crippen LogP contribution in [-0.4, -0.2) is 10.5 Å². The highest BCUT2D eigenvalue weighted by molar-refractivity contribution is 7.09. The first kappa shape index (κ1) is 11.7. The molecule has 0 aromatic carbocycles. The van der Waals surface area contributed by atoms with Gasteiger partial charge in [-0.25, -0.2) is 4.98 Å². The molecule has 2 nitrogen and oxygen atoms in total. The van der Waals surface area contributed by atoms with Gasteiger partial charge in [-0.3, -0.25) is 0 Å². The second-order valence-corrected chi connectivity index (χ2v) is 4.87. The number of nitrogens with zero attached hydrogens (tertiary/aromatic N) is 1. The molecular weight excluding hydrogens is 192 g/mol. The van der Waals surface area contributed by atoms with Crippen molar-refractivity contribution in [1.82, 2.24) is 4.98 Å². The van der Waals surface area contributed by atoms with E-state index in [9.17, 15) is 0 Å². The van der Waals surface area contributed by atoms with E-state index in [1.54, 1.807) is 11.3 Å². The van der Waals surface area contributed by atoms with E-state index < -0.39 is 0 Å². The molecule has 1 heterocycles. The number of nitrogens with two attached hydrogens (primary N) is 1. The van der Waals surface area contributed by atoms with Crippen molar-refractivity contribution in [2.24, 2.45) is 5.73 Å². The van der Waals surface area contributed by atoms with Crippen LogP contribution in [0.2, 0.25) is 0 Å². The summed E-state index contributed by atoms with van der Waals surface area (Å²) < 4.78 is 0. The Morgan fingerprint density at radius 2 is 2.07 bits per heavy atom. The first-order valence-corrected chi connectivity index (χ1v) is 6.17. The van der Waals surface area contributed by atoms with Gasteiger partial charge in [0.2, 0.25) is 0 Å². The summed E-state index contributed by atoms with van der Waals surface area (Å²) in [4.78, 5) is 5.64. The number of aryl methyl sites for hydroxylation is 2. The van der Waals surface area contributed by atoms with Crippen LogP contribution < -0.4 is 5.73 Å². The minimum atomic E-state index is 0.0242. The maximum Gasteiger partial charge on any atom is 0.0797 e. The molecule has 0 aliphatic heterocycles. The Kier molecular flexibility index (Phi) is 4.08. The lowest BCUT2D eigenvalue weighted by molar-refractivity contribution is 0.368. The molecule has 0 radical (unpaired) electrons. The summed E-state index contributed by atoms with van der Waals surface area (Å²) in [6.45, 7) is 6.41. The van der Waals surface area contributed by atoms with Gasteiger partial charge in [-0.1, -0.05) is 13.8 Å². The largest absolute Gasteiger partial charge is 0.325 e. The summed E-state index contributed by atoms with van der Waals surface area (Å²) in [5.41, 5.74) is 9.36. The molecule has 3 heteroatoms. The Morgan fingerprint density at radius 1 is 1.43 bits per heavy atom. The molecule has 0 amide bonds. The molecule has 14 heavy (non-hydrogen) atoms. The highest BCUT2D eigenvalue weighted by Crippen LogP contribution is 2.22. The van der Waals surface area contributed by atoms with Crippen LogP contribution in [-0.2, 0) is 6.42 Å². The van der Waals surface area contributed by atoms with Crippen molar-refractivity contribution in [1.29, 1.82) is 0 Å². The van der Waals surface area contributed by atoms with Crippen molar-refractivity contribution in [3.8, 4) is 0 Å². The van der Waals surface area contributed by atoms with Gasteiger partial charge in [-0.05, 0) is 32.6 Å². The van der Waals surface area contributed by atoms with Crippen molar-refractivity contribution in [3.63, 3.8) is 0 Å². The quantitative estimate of drug-likeness (QED) is 0.815. The van der Waals surface area contributed by atoms with Gasteiger partial charge >= 0.3 is 0 Å². The van der Waals surface area contributed by atoms with E-state index in [1.165, 1.54) is 10.6 Å². The maximum absolute atomic E-state index is 6.25. The lowest BCUT2D eigenvalue weighted by Gasteiger charge is -2.26. The summed E-state index contributed by atoms with van der Waals surface area (Å²) in [5, 5.41) is 0. The number of rotatable bonds is 5. The average Bonchev–Trinajstić information content (AvgIpc) is 2.61. The van der Waals surface area contributed by atoms with Gasteiger partial charge in [-0.2, -0.15) is 0 Å². The molecule has 1 rings (SSSR count). The standard InChI is InChI=1S/C11H20N2S/c1-4-11(12,5-2)7-6-10-9(3)13-8-14-10/h8H,4-7,12H2,1-3H3. The van der Waals surface area contributed by atoms with Crippen LogP contribution in [0, 0.1) is 6.92 Å². The maximum atomic E-state index is 6.25. The number of thiazole rings is 1. The van der Waals surface area contributed by atoms with Crippen molar-refractivity contribution in [3.05, 3.63) is 16.1 Å². The average molecular weight is 212 g/mol. The van der Waals surface area contributed by atoms with Crippen LogP contribution in [0.5, 0.6) is 0 Å². The lowest BCUT2D eigenvalue weighted by atomic mass is 9.88. The molecule has 0 unspecified atom stereocenters. The monoisotopic (exact) mass is 212 g/mol. The van der Waals surface area contributed by atoms with Crippen LogP contribution in [0.15, 0.2) is 5.51 Å². The van der Waals surface area contributed by atoms with Gasteiger partial charge in [0, 0.05) is 10.4 Å². The molecule has 0 atom stereocenters. The summed E-state index contributed by atoms with van der Waals surface area (Å²) in [6, 6.07) is 0. The van der Waals surface area contributed by atoms with E-state index in [1.807, 2.05) is 5.51 Å². The molecule has 0 aliphatic rings. The van der Waals surface area contributed by atoms with Crippen molar-refractivity contribution in [2.45, 2.75) is 52.0 Å². The lowest BCUT2D eigenvalue weighted by Crippen LogP contribution is -2.38. The molecule has 1 aromatic heterocycles. The number of aromatic nitrogens is 1. The topological polar surface area (TPSA) is 38.9 Å². The Hall–Kier alpha value is -0.410. The van der Waals surface area contributed by atoms with Crippen LogP contribution in [0.1, 0.15) is 43.7 Å². The fourth-order valence-corrected chi connectivity index (χ4v) is 2.31. The highest BCUT2D eigenvalue weighted by atomic mass is 32.1. The van der Waals surface area contributed by atoms with Crippen molar-refractivity contribution in [2.75, 3.05) is 0 Å². The van der Waals surface area contributed by atoms with Crippen LogP contribution in [0.3, 0.4) is 0 Å². The molecule has 0 saturated carbocycles. The molecule has 0 spiro atoms. The molecule has 0 aliphatic carbocycles. The van der Waals surface area contributed by atoms with E-state index in [0.29, 0.717) is 0 Å². The Labute approximate surface area is 90.6 Å². The molecular formula is C11H20N2S. The molecule has 0 saturated heterocycles. The first-order valence-electron chi connectivity index (χ1n) is 5.29. The van der Waals surface area contributed by atoms with Crippen LogP contribution >= 0.6 is 11.3 Å². The fraction of sp³-hybridized carbons (Fsp3) is 0.727. The van der Waals surface area contributed by atoms with E-state index in [2.05, 4.69) is 25.8 Å². The van der Waals surface area contributed by atoms with Crippen LogP contribution in [0.25, 0.3) is 0 Å². The second-order valence-electron chi connectivity index (χ2n) is 3.93. The summed E-state index contributed by atoms with van der Waals surface area (Å²) in [5.74, 6) is 0. The predicted molar refractivity (Wildman–Crippen MR) is 62.7 cm³/mol. The minimum absolute atomic E-state index is 0.0242. The zero-order valence-corrected chi connectivity index (χ0v) is 10.2. The van der Waals surface area contributed by atoms with Gasteiger partial charge in [0.15, 0.2) is 0 Å². The van der Waals surface area contributed by atoms with E-state index in [-0.39, 0.29) is 5.54 Å². The van der Waals surface area contributed by atoms with Gasteiger partial charge in [-0.15, -0.1) is 11.3 Å². The number of hydrogen-bond donors (Lipinski definition) is 1. The molecule has 80 valence electrons. The molecule has 2 N–H and O–H groups in total. The van der Waals surface area contributed by atoms with Gasteiger partial charge in [0.1, 0.15) is 0 Å². The summed E-state index contributed by atoms with van der Waals surface area (Å²) in [7, 11) is 0. The molecule has 1 aromatic rings. The van der Waals surface area contributed by atoms with Crippen molar-refractivity contribution < 1.29 is 0 Å². The Morgan fingerprint density at radius 3 is 2.50 bits per heavy atom. The zero-order chi connectivity index (χ0) is 10.6. The predicted octanol–water partition coefficient (Wildman–Crippen LogP) is 2.90. The first-order chi connectivity index (χ1) is 6.61. The second kappa shape index (κ2) is 4.89.